The van der Waals surface area contributed by atoms with E-state index in [-0.39, 0.29) is 5.56 Å². The van der Waals surface area contributed by atoms with Crippen LogP contribution in [0, 0.1) is 29.4 Å². The molecule has 6 heteroatoms. The topological polar surface area (TPSA) is 9.23 Å². The van der Waals surface area contributed by atoms with Gasteiger partial charge in [-0.05, 0) is 84.6 Å². The lowest BCUT2D eigenvalue weighted by atomic mass is 9.63. The van der Waals surface area contributed by atoms with E-state index in [0.717, 1.165) is 36.3 Å². The van der Waals surface area contributed by atoms with E-state index in [0.29, 0.717) is 11.5 Å². The van der Waals surface area contributed by atoms with E-state index in [9.17, 15) is 22.0 Å². The Bertz CT molecular complexity index is 929. The molecule has 0 amide bonds. The molecule has 2 aromatic rings. The molecule has 34 heavy (non-hydrogen) atoms. The number of fused-ring (bicyclic) bond motifs is 1. The Morgan fingerprint density at radius 1 is 0.824 bits per heavy atom. The van der Waals surface area contributed by atoms with Crippen LogP contribution in [0.1, 0.15) is 82.6 Å². The van der Waals surface area contributed by atoms with Crippen molar-refractivity contribution in [3.8, 4) is 16.9 Å². The van der Waals surface area contributed by atoms with Gasteiger partial charge in [-0.3, -0.25) is 0 Å². The maximum absolute atomic E-state index is 14.1. The second kappa shape index (κ2) is 10.7. The van der Waals surface area contributed by atoms with E-state index in [2.05, 4.69) is 11.7 Å². The fraction of sp³-hybridized carbons (Fsp3) is 0.571. The molecule has 2 fully saturated rings. The minimum atomic E-state index is -5.15. The molecule has 0 bridgehead atoms. The molecule has 0 aromatic heterocycles. The van der Waals surface area contributed by atoms with Gasteiger partial charge in [0.05, 0.1) is 0 Å². The average Bonchev–Trinajstić information content (AvgIpc) is 2.80. The zero-order chi connectivity index (χ0) is 24.3. The highest BCUT2D eigenvalue weighted by molar-refractivity contribution is 5.65. The fourth-order valence-corrected chi connectivity index (χ4v) is 6.12. The van der Waals surface area contributed by atoms with E-state index < -0.39 is 23.7 Å². The Hall–Kier alpha value is -2.11. The molecule has 2 aromatic carbocycles. The van der Waals surface area contributed by atoms with Gasteiger partial charge in [-0.15, -0.1) is 13.2 Å². The Kier molecular flexibility index (Phi) is 7.83. The van der Waals surface area contributed by atoms with Gasteiger partial charge in [-0.25, -0.2) is 8.78 Å². The highest BCUT2D eigenvalue weighted by Crippen LogP contribution is 2.48. The van der Waals surface area contributed by atoms with Gasteiger partial charge in [0.15, 0.2) is 11.6 Å². The smallest absolute Gasteiger partial charge is 0.399 e. The highest BCUT2D eigenvalue weighted by atomic mass is 19.4. The second-order valence-electron chi connectivity index (χ2n) is 10.1. The number of benzene rings is 2. The zero-order valence-corrected chi connectivity index (χ0v) is 19.6. The van der Waals surface area contributed by atoms with Crippen molar-refractivity contribution in [3.63, 3.8) is 0 Å². The lowest BCUT2D eigenvalue weighted by molar-refractivity contribution is -0.276. The van der Waals surface area contributed by atoms with Crippen LogP contribution in [0.4, 0.5) is 22.0 Å². The summed E-state index contributed by atoms with van der Waals surface area (Å²) in [6.07, 6.45) is 7.87. The summed E-state index contributed by atoms with van der Waals surface area (Å²) in [7, 11) is 0. The average molecular weight is 481 g/mol. The predicted octanol–water partition coefficient (Wildman–Crippen LogP) is 9.41. The number of hydrogen-bond acceptors (Lipinski definition) is 1. The van der Waals surface area contributed by atoms with Crippen LogP contribution in [0.5, 0.6) is 5.75 Å². The summed E-state index contributed by atoms with van der Waals surface area (Å²) < 4.78 is 68.8. The molecule has 1 unspecified atom stereocenters. The van der Waals surface area contributed by atoms with Crippen LogP contribution in [0.3, 0.4) is 0 Å². The summed E-state index contributed by atoms with van der Waals surface area (Å²) in [5.74, 6) is -1.16. The van der Waals surface area contributed by atoms with E-state index in [1.165, 1.54) is 63.4 Å². The minimum Gasteiger partial charge on any atom is -0.399 e. The van der Waals surface area contributed by atoms with Crippen LogP contribution < -0.4 is 4.74 Å². The molecular weight excluding hydrogens is 447 g/mol. The minimum absolute atomic E-state index is 0.182. The molecule has 0 radical (unpaired) electrons. The second-order valence-corrected chi connectivity index (χ2v) is 10.1. The van der Waals surface area contributed by atoms with Crippen molar-refractivity contribution in [1.29, 1.82) is 0 Å². The molecule has 0 N–H and O–H groups in total. The van der Waals surface area contributed by atoms with E-state index in [4.69, 9.17) is 0 Å². The first-order chi connectivity index (χ1) is 16.2. The molecule has 2 saturated carbocycles. The van der Waals surface area contributed by atoms with E-state index >= 15 is 0 Å². The standard InChI is InChI=1S/C28H33F5O/c1-2-3-4-5-18-6-7-23-15-22(13-12-21(23)14-18)19-8-10-20(11-9-19)24-16-25(29)27(26(30)17-24)34-28(31,32)33/h8-11,16-18,21-23H,2-7,12-15H2,1H3/t18?,21-,22-,23-/m1/s1. The first-order valence-electron chi connectivity index (χ1n) is 12.6. The van der Waals surface area contributed by atoms with Crippen molar-refractivity contribution in [1.82, 2.24) is 0 Å². The number of ether oxygens (including phenoxy) is 1. The van der Waals surface area contributed by atoms with Gasteiger partial charge in [0.1, 0.15) is 0 Å². The molecule has 0 aliphatic heterocycles. The van der Waals surface area contributed by atoms with Crippen LogP contribution in [-0.2, 0) is 0 Å². The summed E-state index contributed by atoms with van der Waals surface area (Å²) in [6.45, 7) is 2.25. The fourth-order valence-electron chi connectivity index (χ4n) is 6.12. The number of hydrogen-bond donors (Lipinski definition) is 0. The Morgan fingerprint density at radius 3 is 2.12 bits per heavy atom. The van der Waals surface area contributed by atoms with Crippen LogP contribution in [0.25, 0.3) is 11.1 Å². The van der Waals surface area contributed by atoms with Crippen molar-refractivity contribution < 1.29 is 26.7 Å². The van der Waals surface area contributed by atoms with Gasteiger partial charge in [-0.2, -0.15) is 0 Å². The van der Waals surface area contributed by atoms with Gasteiger partial charge in [0.2, 0.25) is 5.75 Å². The monoisotopic (exact) mass is 480 g/mol. The number of alkyl halides is 3. The summed E-state index contributed by atoms with van der Waals surface area (Å²) in [4.78, 5) is 0. The third-order valence-corrected chi connectivity index (χ3v) is 7.87. The van der Waals surface area contributed by atoms with Crippen molar-refractivity contribution in [2.75, 3.05) is 0 Å². The maximum atomic E-state index is 14.1. The third kappa shape index (κ3) is 6.11. The van der Waals surface area contributed by atoms with Gasteiger partial charge in [0, 0.05) is 0 Å². The quantitative estimate of drug-likeness (QED) is 0.283. The van der Waals surface area contributed by atoms with Gasteiger partial charge < -0.3 is 4.74 Å². The molecular formula is C28H33F5O. The molecule has 4 atom stereocenters. The Morgan fingerprint density at radius 2 is 1.47 bits per heavy atom. The molecule has 0 heterocycles. The zero-order valence-electron chi connectivity index (χ0n) is 19.6. The normalized spacial score (nSPS) is 25.1. The number of unbranched alkanes of at least 4 members (excludes halogenated alkanes) is 2. The summed E-state index contributed by atoms with van der Waals surface area (Å²) in [6, 6.07) is 9.33. The van der Waals surface area contributed by atoms with Crippen molar-refractivity contribution in [2.24, 2.45) is 17.8 Å². The number of halogens is 5. The third-order valence-electron chi connectivity index (χ3n) is 7.87. The summed E-state index contributed by atoms with van der Waals surface area (Å²) >= 11 is 0. The molecule has 4 rings (SSSR count). The lowest BCUT2D eigenvalue weighted by Gasteiger charge is -2.42. The van der Waals surface area contributed by atoms with E-state index in [1.54, 1.807) is 12.1 Å². The van der Waals surface area contributed by atoms with E-state index in [1.807, 2.05) is 12.1 Å². The molecule has 2 aliphatic carbocycles. The molecule has 0 saturated heterocycles. The van der Waals surface area contributed by atoms with Crippen LogP contribution in [0.2, 0.25) is 0 Å². The molecule has 186 valence electrons. The first-order valence-corrected chi connectivity index (χ1v) is 12.6. The van der Waals surface area contributed by atoms with Gasteiger partial charge in [-0.1, -0.05) is 63.3 Å². The largest absolute Gasteiger partial charge is 0.573 e. The Labute approximate surface area is 198 Å². The van der Waals surface area contributed by atoms with Gasteiger partial charge in [0.25, 0.3) is 0 Å². The first kappa shape index (κ1) is 25.0. The lowest BCUT2D eigenvalue weighted by Crippen LogP contribution is -2.30. The molecule has 2 aliphatic rings. The van der Waals surface area contributed by atoms with Gasteiger partial charge >= 0.3 is 6.36 Å². The molecule has 1 nitrogen and oxygen atoms in total. The van der Waals surface area contributed by atoms with Crippen molar-refractivity contribution in [3.05, 3.63) is 53.6 Å². The van der Waals surface area contributed by atoms with Crippen molar-refractivity contribution >= 4 is 0 Å². The Balaban J connectivity index is 1.38. The predicted molar refractivity (Wildman–Crippen MR) is 124 cm³/mol. The van der Waals surface area contributed by atoms with Crippen molar-refractivity contribution in [2.45, 2.75) is 83.4 Å². The van der Waals surface area contributed by atoms with Crippen LogP contribution >= 0.6 is 0 Å². The van der Waals surface area contributed by atoms with Crippen LogP contribution in [0.15, 0.2) is 36.4 Å². The molecule has 0 spiro atoms. The number of rotatable bonds is 7. The van der Waals surface area contributed by atoms with Crippen LogP contribution in [-0.4, -0.2) is 6.36 Å². The highest BCUT2D eigenvalue weighted by Gasteiger charge is 2.36. The SMILES string of the molecule is CCCCCC1CC[C@@H]2C[C@H](c3ccc(-c4cc(F)c(OC(F)(F)F)c(F)c4)cc3)CC[C@@H]2C1. The summed E-state index contributed by atoms with van der Waals surface area (Å²) in [5, 5.41) is 0. The summed E-state index contributed by atoms with van der Waals surface area (Å²) in [5.41, 5.74) is 1.97. The maximum Gasteiger partial charge on any atom is 0.573 e.